The molecule has 0 unspecified atom stereocenters. The number of hydrogen-bond donors (Lipinski definition) is 1. The van der Waals surface area contributed by atoms with Crippen LogP contribution >= 0.6 is 11.3 Å². The topological polar surface area (TPSA) is 29.9 Å². The van der Waals surface area contributed by atoms with Gasteiger partial charge in [-0.1, -0.05) is 0 Å². The largest absolute Gasteiger partial charge is 0.379 e. The smallest absolute Gasteiger partial charge is 0.0948 e. The van der Waals surface area contributed by atoms with Gasteiger partial charge in [0.25, 0.3) is 0 Å². The van der Waals surface area contributed by atoms with E-state index in [1.807, 2.05) is 12.5 Å². The van der Waals surface area contributed by atoms with Gasteiger partial charge in [-0.15, -0.1) is 0 Å². The molecule has 74 valence electrons. The Morgan fingerprint density at radius 1 is 1.57 bits per heavy atom. The lowest BCUT2D eigenvalue weighted by Gasteiger charge is -2.06. The Morgan fingerprint density at radius 3 is 3.21 bits per heavy atom. The van der Waals surface area contributed by atoms with Crippen molar-refractivity contribution in [3.63, 3.8) is 0 Å². The van der Waals surface area contributed by atoms with E-state index < -0.39 is 0 Å². The predicted molar refractivity (Wildman–Crippen MR) is 59.5 cm³/mol. The third-order valence-corrected chi connectivity index (χ3v) is 2.82. The molecular formula is C10H13N3S. The first kappa shape index (κ1) is 9.27. The average molecular weight is 207 g/mol. The average Bonchev–Trinajstić information content (AvgIpc) is 2.85. The zero-order valence-corrected chi connectivity index (χ0v) is 8.92. The van der Waals surface area contributed by atoms with Crippen LogP contribution in [0.4, 0.5) is 5.69 Å². The summed E-state index contributed by atoms with van der Waals surface area (Å²) in [5.74, 6) is 0. The number of anilines is 1. The fourth-order valence-electron chi connectivity index (χ4n) is 1.34. The first-order valence-electron chi connectivity index (χ1n) is 4.65. The molecule has 0 amide bonds. The molecule has 0 radical (unpaired) electrons. The fraction of sp³-hybridized carbons (Fsp3) is 0.300. The van der Waals surface area contributed by atoms with Crippen molar-refractivity contribution < 1.29 is 0 Å². The molecule has 2 aromatic heterocycles. The molecular weight excluding hydrogens is 194 g/mol. The van der Waals surface area contributed by atoms with Gasteiger partial charge < -0.3 is 9.88 Å². The molecule has 3 nitrogen and oxygen atoms in total. The molecule has 0 spiro atoms. The van der Waals surface area contributed by atoms with Gasteiger partial charge in [0.05, 0.1) is 18.6 Å². The van der Waals surface area contributed by atoms with Gasteiger partial charge in [-0.25, -0.2) is 4.98 Å². The Bertz CT molecular complexity index is 378. The van der Waals surface area contributed by atoms with Crippen LogP contribution in [-0.4, -0.2) is 9.55 Å². The maximum absolute atomic E-state index is 4.12. The minimum Gasteiger partial charge on any atom is -0.379 e. The number of thiophene rings is 1. The second kappa shape index (κ2) is 4.28. The van der Waals surface area contributed by atoms with Gasteiger partial charge in [0.1, 0.15) is 0 Å². The Labute approximate surface area is 87.4 Å². The van der Waals surface area contributed by atoms with Crippen LogP contribution in [0.25, 0.3) is 0 Å². The van der Waals surface area contributed by atoms with Gasteiger partial charge >= 0.3 is 0 Å². The van der Waals surface area contributed by atoms with Crippen LogP contribution in [0.2, 0.25) is 0 Å². The number of nitrogens with zero attached hydrogens (tertiary/aromatic N) is 2. The standard InChI is InChI=1S/C10H13N3S/c1-2-13-8-11-5-10(13)6-12-9-3-4-14-7-9/h3-5,7-8,12H,2,6H2,1H3. The van der Waals surface area contributed by atoms with Crippen molar-refractivity contribution in [2.24, 2.45) is 0 Å². The Hall–Kier alpha value is -1.29. The normalized spacial score (nSPS) is 10.4. The molecule has 2 heterocycles. The SMILES string of the molecule is CCn1cncc1CNc1ccsc1. The Morgan fingerprint density at radius 2 is 2.50 bits per heavy atom. The van der Waals surface area contributed by atoms with Crippen LogP contribution in [0, 0.1) is 0 Å². The van der Waals surface area contributed by atoms with Crippen molar-refractivity contribution in [1.82, 2.24) is 9.55 Å². The number of hydrogen-bond acceptors (Lipinski definition) is 3. The van der Waals surface area contributed by atoms with Gasteiger partial charge in [0.15, 0.2) is 0 Å². The van der Waals surface area contributed by atoms with Crippen LogP contribution in [0.1, 0.15) is 12.6 Å². The van der Waals surface area contributed by atoms with Crippen molar-refractivity contribution in [1.29, 1.82) is 0 Å². The molecule has 2 aromatic rings. The van der Waals surface area contributed by atoms with E-state index in [1.165, 1.54) is 11.4 Å². The molecule has 1 N–H and O–H groups in total. The summed E-state index contributed by atoms with van der Waals surface area (Å²) in [4.78, 5) is 4.12. The maximum atomic E-state index is 4.12. The van der Waals surface area contributed by atoms with E-state index in [9.17, 15) is 0 Å². The lowest BCUT2D eigenvalue weighted by Crippen LogP contribution is -2.05. The molecule has 0 fully saturated rings. The molecule has 0 bridgehead atoms. The Balaban J connectivity index is 1.98. The summed E-state index contributed by atoms with van der Waals surface area (Å²) < 4.78 is 2.14. The first-order valence-corrected chi connectivity index (χ1v) is 5.59. The first-order chi connectivity index (χ1) is 6.90. The number of imidazole rings is 1. The Kier molecular flexibility index (Phi) is 2.84. The highest BCUT2D eigenvalue weighted by atomic mass is 32.1. The van der Waals surface area contributed by atoms with Crippen LogP contribution in [0.15, 0.2) is 29.4 Å². The number of nitrogens with one attached hydrogen (secondary N) is 1. The summed E-state index contributed by atoms with van der Waals surface area (Å²) in [6.07, 6.45) is 3.77. The second-order valence-electron chi connectivity index (χ2n) is 3.04. The van der Waals surface area contributed by atoms with Gasteiger partial charge in [-0.3, -0.25) is 0 Å². The van der Waals surface area contributed by atoms with E-state index in [0.29, 0.717) is 0 Å². The van der Waals surface area contributed by atoms with Crippen molar-refractivity contribution in [3.8, 4) is 0 Å². The molecule has 0 atom stereocenters. The van der Waals surface area contributed by atoms with E-state index in [4.69, 9.17) is 0 Å². The molecule has 0 aliphatic carbocycles. The molecule has 0 aliphatic rings. The quantitative estimate of drug-likeness (QED) is 0.835. The van der Waals surface area contributed by atoms with E-state index >= 15 is 0 Å². The van der Waals surface area contributed by atoms with Gasteiger partial charge in [-0.2, -0.15) is 11.3 Å². The van der Waals surface area contributed by atoms with Crippen LogP contribution in [0.5, 0.6) is 0 Å². The maximum Gasteiger partial charge on any atom is 0.0948 e. The summed E-state index contributed by atoms with van der Waals surface area (Å²) in [7, 11) is 0. The molecule has 0 aliphatic heterocycles. The summed E-state index contributed by atoms with van der Waals surface area (Å²) in [6.45, 7) is 3.93. The zero-order valence-electron chi connectivity index (χ0n) is 8.10. The third kappa shape index (κ3) is 1.96. The van der Waals surface area contributed by atoms with Gasteiger partial charge in [0, 0.05) is 23.8 Å². The second-order valence-corrected chi connectivity index (χ2v) is 3.82. The summed E-state index contributed by atoms with van der Waals surface area (Å²) in [6, 6.07) is 2.08. The molecule has 0 saturated heterocycles. The zero-order chi connectivity index (χ0) is 9.80. The minimum atomic E-state index is 0.838. The van der Waals surface area contributed by atoms with Crippen molar-refractivity contribution in [3.05, 3.63) is 35.0 Å². The van der Waals surface area contributed by atoms with E-state index in [0.717, 1.165) is 13.1 Å². The third-order valence-electron chi connectivity index (χ3n) is 2.13. The van der Waals surface area contributed by atoms with Crippen LogP contribution in [0.3, 0.4) is 0 Å². The van der Waals surface area contributed by atoms with Crippen molar-refractivity contribution >= 4 is 17.0 Å². The monoisotopic (exact) mass is 207 g/mol. The molecule has 0 saturated carbocycles. The van der Waals surface area contributed by atoms with Crippen LogP contribution < -0.4 is 5.32 Å². The minimum absolute atomic E-state index is 0.838. The van der Waals surface area contributed by atoms with Crippen molar-refractivity contribution in [2.45, 2.75) is 20.0 Å². The lowest BCUT2D eigenvalue weighted by molar-refractivity contribution is 0.720. The summed E-state index contributed by atoms with van der Waals surface area (Å²) in [5, 5.41) is 7.52. The highest BCUT2D eigenvalue weighted by Crippen LogP contribution is 2.13. The van der Waals surface area contributed by atoms with Gasteiger partial charge in [0.2, 0.25) is 0 Å². The lowest BCUT2D eigenvalue weighted by atomic mass is 10.4. The number of aryl methyl sites for hydroxylation is 1. The predicted octanol–water partition coefficient (Wildman–Crippen LogP) is 2.58. The number of rotatable bonds is 4. The van der Waals surface area contributed by atoms with E-state index in [-0.39, 0.29) is 0 Å². The number of aromatic nitrogens is 2. The van der Waals surface area contributed by atoms with E-state index in [2.05, 4.69) is 38.6 Å². The molecule has 0 aromatic carbocycles. The highest BCUT2D eigenvalue weighted by molar-refractivity contribution is 7.08. The van der Waals surface area contributed by atoms with Gasteiger partial charge in [-0.05, 0) is 18.4 Å². The molecule has 14 heavy (non-hydrogen) atoms. The van der Waals surface area contributed by atoms with E-state index in [1.54, 1.807) is 11.3 Å². The van der Waals surface area contributed by atoms with Crippen molar-refractivity contribution in [2.75, 3.05) is 5.32 Å². The molecule has 4 heteroatoms. The fourth-order valence-corrected chi connectivity index (χ4v) is 1.95. The summed E-state index contributed by atoms with van der Waals surface area (Å²) >= 11 is 1.70. The molecule has 2 rings (SSSR count). The summed E-state index contributed by atoms with van der Waals surface area (Å²) in [5.41, 5.74) is 2.40. The van der Waals surface area contributed by atoms with Crippen LogP contribution in [-0.2, 0) is 13.1 Å². The highest BCUT2D eigenvalue weighted by Gasteiger charge is 1.99.